The van der Waals surface area contributed by atoms with Gasteiger partial charge in [-0.25, -0.2) is 12.5 Å². The molecule has 0 heterocycles. The van der Waals surface area contributed by atoms with Crippen molar-refractivity contribution in [3.05, 3.63) is 0 Å². The molecule has 0 radical (unpaired) electrons. The third-order valence-corrected chi connectivity index (χ3v) is 7.30. The topological polar surface area (TPSA) is 0 Å². The van der Waals surface area contributed by atoms with Gasteiger partial charge in [0.05, 0.1) is 0 Å². The van der Waals surface area contributed by atoms with Crippen molar-refractivity contribution in [1.82, 2.24) is 0 Å². The average Bonchev–Trinajstić information content (AvgIpc) is 2.31. The van der Waals surface area contributed by atoms with E-state index in [1.807, 2.05) is 0 Å². The molecule has 0 bridgehead atoms. The molecule has 2 aliphatic rings. The molecule has 4 heteroatoms. The highest BCUT2D eigenvalue weighted by atomic mass is 32.2. The molecule has 92 valence electrons. The summed E-state index contributed by atoms with van der Waals surface area (Å²) >= 11 is 9.06. The number of hydrogen-bond donors (Lipinski definition) is 1. The lowest BCUT2D eigenvalue weighted by Crippen LogP contribution is -2.16. The van der Waals surface area contributed by atoms with E-state index in [2.05, 4.69) is 23.2 Å². The van der Waals surface area contributed by atoms with Crippen molar-refractivity contribution in [2.45, 2.75) is 74.7 Å². The molecule has 2 aliphatic carbocycles. The van der Waals surface area contributed by atoms with Gasteiger partial charge < -0.3 is 0 Å². The minimum absolute atomic E-state index is 0.534. The van der Waals surface area contributed by atoms with Crippen LogP contribution < -0.4 is 0 Å². The van der Waals surface area contributed by atoms with Crippen LogP contribution in [-0.2, 0) is 0 Å². The van der Waals surface area contributed by atoms with Crippen molar-refractivity contribution in [2.24, 2.45) is 0 Å². The van der Waals surface area contributed by atoms with Crippen LogP contribution in [-0.4, -0.2) is 15.0 Å². The van der Waals surface area contributed by atoms with Gasteiger partial charge in [-0.15, -0.1) is 0 Å². The smallest absolute Gasteiger partial charge is 0.201 e. The van der Waals surface area contributed by atoms with Crippen LogP contribution in [0.25, 0.3) is 0 Å². The average molecular weight is 274 g/mol. The summed E-state index contributed by atoms with van der Waals surface area (Å²) in [7, 11) is 0. The zero-order valence-corrected chi connectivity index (χ0v) is 12.6. The maximum Gasteiger partial charge on any atom is 0.338 e. The van der Waals surface area contributed by atoms with E-state index in [4.69, 9.17) is 12.5 Å². The first-order valence-electron chi connectivity index (χ1n) is 6.83. The van der Waals surface area contributed by atoms with Crippen molar-refractivity contribution in [2.75, 3.05) is 0 Å². The number of thiol groups is 1. The monoisotopic (exact) mass is 274 g/mol. The molecule has 0 aromatic rings. The van der Waals surface area contributed by atoms with Crippen molar-refractivity contribution in [3.63, 3.8) is 0 Å². The van der Waals surface area contributed by atoms with Crippen LogP contribution in [0.4, 0.5) is 0 Å². The minimum atomic E-state index is 0.534. The molecule has 0 spiro atoms. The minimum Gasteiger partial charge on any atom is -0.201 e. The molecule has 0 aromatic heterocycles. The van der Waals surface area contributed by atoms with Gasteiger partial charge in [0, 0.05) is 0 Å². The summed E-state index contributed by atoms with van der Waals surface area (Å²) in [6.07, 6.45) is 14.5. The van der Waals surface area contributed by atoms with Crippen molar-refractivity contribution in [1.29, 1.82) is 0 Å². The Morgan fingerprint density at radius 1 is 0.688 bits per heavy atom. The Balaban J connectivity index is 1.64. The highest BCUT2D eigenvalue weighted by Crippen LogP contribution is 2.39. The molecule has 2 saturated carbocycles. The van der Waals surface area contributed by atoms with Gasteiger partial charge in [-0.05, 0) is 36.2 Å². The second-order valence-corrected chi connectivity index (χ2v) is 9.43. The summed E-state index contributed by atoms with van der Waals surface area (Å²) in [5, 5.41) is 1.82. The van der Waals surface area contributed by atoms with Gasteiger partial charge in [0.1, 0.15) is 0 Å². The van der Waals surface area contributed by atoms with Crippen LogP contribution in [0.1, 0.15) is 64.2 Å². The summed E-state index contributed by atoms with van der Waals surface area (Å²) in [4.78, 5) is 0. The Bertz CT molecular complexity index is 169. The van der Waals surface area contributed by atoms with Crippen molar-refractivity contribution >= 4 is 40.3 Å². The Labute approximate surface area is 115 Å². The van der Waals surface area contributed by atoms with Crippen molar-refractivity contribution in [3.8, 4) is 0 Å². The first-order valence-corrected chi connectivity index (χ1v) is 9.24. The molecule has 0 aromatic carbocycles. The summed E-state index contributed by atoms with van der Waals surface area (Å²) in [6, 6.07) is 0. The van der Waals surface area contributed by atoms with Crippen LogP contribution in [0.2, 0.25) is 0 Å². The van der Waals surface area contributed by atoms with E-state index in [0.717, 1.165) is 10.5 Å². The van der Waals surface area contributed by atoms with E-state index < -0.39 is 0 Å². The van der Waals surface area contributed by atoms with E-state index in [1.54, 1.807) is 0 Å². The normalized spacial score (nSPS) is 24.6. The first-order chi connectivity index (χ1) is 7.84. The van der Waals surface area contributed by atoms with Crippen LogP contribution in [0.5, 0.6) is 0 Å². The standard InChI is InChI=1S/C12H23BS3/c14-13(15-11-7-3-1-4-8-11)16-12-9-5-2-6-10-12/h11-12,14H,1-10H2. The largest absolute Gasteiger partial charge is 0.338 e. The molecule has 2 fully saturated rings. The van der Waals surface area contributed by atoms with E-state index in [9.17, 15) is 0 Å². The zero-order valence-electron chi connectivity index (χ0n) is 10.1. The van der Waals surface area contributed by atoms with Crippen LogP contribution in [0, 0.1) is 0 Å². The highest BCUT2D eigenvalue weighted by molar-refractivity contribution is 8.73. The molecule has 16 heavy (non-hydrogen) atoms. The molecule has 0 nitrogen and oxygen atoms in total. The molecule has 2 rings (SSSR count). The Morgan fingerprint density at radius 2 is 1.06 bits per heavy atom. The lowest BCUT2D eigenvalue weighted by atomic mass is 10.0. The number of rotatable bonds is 4. The highest BCUT2D eigenvalue weighted by Gasteiger charge is 2.24. The SMILES string of the molecule is SB(SC1CCCCC1)SC1CCCCC1. The van der Waals surface area contributed by atoms with E-state index in [-0.39, 0.29) is 0 Å². The Hall–Kier alpha value is 1.11. The molecule has 0 atom stereocenters. The van der Waals surface area contributed by atoms with E-state index in [0.29, 0.717) is 4.55 Å². The van der Waals surface area contributed by atoms with Crippen molar-refractivity contribution < 1.29 is 0 Å². The van der Waals surface area contributed by atoms with E-state index >= 15 is 0 Å². The fraction of sp³-hybridized carbons (Fsp3) is 1.00. The van der Waals surface area contributed by atoms with Gasteiger partial charge in [-0.3, -0.25) is 0 Å². The summed E-state index contributed by atoms with van der Waals surface area (Å²) in [6.45, 7) is 0. The van der Waals surface area contributed by atoms with Gasteiger partial charge in [0.2, 0.25) is 0 Å². The molecule has 0 unspecified atom stereocenters. The number of hydrogen-bond acceptors (Lipinski definition) is 3. The molecule has 0 saturated heterocycles. The fourth-order valence-electron chi connectivity index (χ4n) is 2.76. The summed E-state index contributed by atoms with van der Waals surface area (Å²) < 4.78 is 0.534. The van der Waals surface area contributed by atoms with Crippen LogP contribution in [0.15, 0.2) is 0 Å². The third kappa shape index (κ3) is 4.77. The van der Waals surface area contributed by atoms with Crippen LogP contribution >= 0.6 is 35.7 Å². The van der Waals surface area contributed by atoms with Crippen LogP contribution in [0.3, 0.4) is 0 Å². The second-order valence-electron chi connectivity index (χ2n) is 5.10. The lowest BCUT2D eigenvalue weighted by molar-refractivity contribution is 0.517. The van der Waals surface area contributed by atoms with E-state index in [1.165, 1.54) is 64.2 Å². The second kappa shape index (κ2) is 7.53. The zero-order chi connectivity index (χ0) is 11.2. The Kier molecular flexibility index (Phi) is 6.37. The molecule has 0 aliphatic heterocycles. The first kappa shape index (κ1) is 13.5. The maximum absolute atomic E-state index is 4.78. The summed E-state index contributed by atoms with van der Waals surface area (Å²) in [5.41, 5.74) is 0. The van der Waals surface area contributed by atoms with Gasteiger partial charge in [0.15, 0.2) is 0 Å². The molecular weight excluding hydrogens is 251 g/mol. The lowest BCUT2D eigenvalue weighted by Gasteiger charge is -2.26. The van der Waals surface area contributed by atoms with Gasteiger partial charge >= 0.3 is 4.55 Å². The predicted molar refractivity (Wildman–Crippen MR) is 83.7 cm³/mol. The Morgan fingerprint density at radius 3 is 1.44 bits per heavy atom. The molecular formula is C12H23BS3. The fourth-order valence-corrected chi connectivity index (χ4v) is 6.87. The quantitative estimate of drug-likeness (QED) is 0.564. The summed E-state index contributed by atoms with van der Waals surface area (Å²) in [5.74, 6) is 0. The van der Waals surface area contributed by atoms with Gasteiger partial charge in [-0.1, -0.05) is 38.5 Å². The maximum atomic E-state index is 4.78. The predicted octanol–water partition coefficient (Wildman–Crippen LogP) is 5.03. The van der Waals surface area contributed by atoms with Gasteiger partial charge in [0.25, 0.3) is 0 Å². The molecule has 0 N–H and O–H groups in total. The molecule has 0 amide bonds. The third-order valence-electron chi connectivity index (χ3n) is 3.72. The van der Waals surface area contributed by atoms with Gasteiger partial charge in [-0.2, -0.15) is 23.2 Å².